The number of nitrogens with one attached hydrogen (secondary N) is 1. The second kappa shape index (κ2) is 8.27. The Morgan fingerprint density at radius 2 is 1.79 bits per heavy atom. The monoisotopic (exact) mass is 385 g/mol. The molecule has 0 radical (unpaired) electrons. The van der Waals surface area contributed by atoms with Crippen molar-refractivity contribution in [3.05, 3.63) is 71.9 Å². The van der Waals surface area contributed by atoms with E-state index < -0.39 is 0 Å². The van der Waals surface area contributed by atoms with Crippen LogP contribution in [-0.4, -0.2) is 26.5 Å². The lowest BCUT2D eigenvalue weighted by Crippen LogP contribution is -2.05. The highest BCUT2D eigenvalue weighted by atomic mass is 16.5. The molecular weight excluding hydrogens is 366 g/mol. The number of para-hydroxylation sites is 1. The minimum atomic E-state index is 0.354. The van der Waals surface area contributed by atoms with Crippen molar-refractivity contribution in [3.63, 3.8) is 0 Å². The van der Waals surface area contributed by atoms with Gasteiger partial charge in [-0.05, 0) is 42.3 Å². The van der Waals surface area contributed by atoms with E-state index in [1.54, 1.807) is 4.68 Å². The number of hydrogen-bond donors (Lipinski definition) is 2. The van der Waals surface area contributed by atoms with Gasteiger partial charge in [-0.15, -0.1) is 0 Å². The van der Waals surface area contributed by atoms with Crippen molar-refractivity contribution in [2.45, 2.75) is 12.8 Å². The van der Waals surface area contributed by atoms with Gasteiger partial charge in [0.15, 0.2) is 0 Å². The minimum absolute atomic E-state index is 0.354. The van der Waals surface area contributed by atoms with Crippen LogP contribution < -0.4 is 11.1 Å². The summed E-state index contributed by atoms with van der Waals surface area (Å²) in [6, 6.07) is 21.3. The molecule has 0 saturated carbocycles. The molecule has 0 fully saturated rings. The first-order valence-corrected chi connectivity index (χ1v) is 9.22. The Labute approximate surface area is 167 Å². The fourth-order valence-corrected chi connectivity index (χ4v) is 2.99. The number of benzene rings is 2. The molecule has 0 spiro atoms. The first-order chi connectivity index (χ1) is 14.3. The zero-order valence-corrected chi connectivity index (χ0v) is 15.6. The molecule has 0 aliphatic carbocycles. The molecule has 8 heteroatoms. The predicted octanol–water partition coefficient (Wildman–Crippen LogP) is 3.42. The van der Waals surface area contributed by atoms with Crippen LogP contribution in [0.25, 0.3) is 17.1 Å². The van der Waals surface area contributed by atoms with Crippen molar-refractivity contribution in [2.24, 2.45) is 0 Å². The number of rotatable bonds is 7. The molecule has 2 aromatic carbocycles. The SMILES string of the molecule is N#Cc1c(CCCNc2noc(-c3ccccc3)n2)nn(-c2ccccc2)c1N. The van der Waals surface area contributed by atoms with Gasteiger partial charge in [-0.2, -0.15) is 15.3 Å². The number of nitrogen functional groups attached to an aromatic ring is 1. The predicted molar refractivity (Wildman–Crippen MR) is 109 cm³/mol. The summed E-state index contributed by atoms with van der Waals surface area (Å²) in [5, 5.41) is 21.1. The van der Waals surface area contributed by atoms with Crippen molar-refractivity contribution >= 4 is 11.8 Å². The number of nitriles is 1. The van der Waals surface area contributed by atoms with Gasteiger partial charge in [0, 0.05) is 12.1 Å². The second-order valence-electron chi connectivity index (χ2n) is 6.39. The van der Waals surface area contributed by atoms with Crippen LogP contribution in [0.4, 0.5) is 11.8 Å². The molecule has 8 nitrogen and oxygen atoms in total. The number of aromatic nitrogens is 4. The van der Waals surface area contributed by atoms with Crippen LogP contribution in [0.1, 0.15) is 17.7 Å². The molecule has 2 heterocycles. The highest BCUT2D eigenvalue weighted by Gasteiger charge is 2.16. The van der Waals surface area contributed by atoms with Crippen LogP contribution in [0.5, 0.6) is 0 Å². The van der Waals surface area contributed by atoms with Gasteiger partial charge in [0.05, 0.1) is 11.4 Å². The molecule has 0 bridgehead atoms. The smallest absolute Gasteiger partial charge is 0.263 e. The molecule has 4 rings (SSSR count). The summed E-state index contributed by atoms with van der Waals surface area (Å²) in [5.41, 5.74) is 8.92. The molecule has 29 heavy (non-hydrogen) atoms. The Bertz CT molecular complexity index is 1130. The lowest BCUT2D eigenvalue weighted by molar-refractivity contribution is 0.432. The van der Waals surface area contributed by atoms with Crippen LogP contribution in [-0.2, 0) is 6.42 Å². The summed E-state index contributed by atoms with van der Waals surface area (Å²) in [6.07, 6.45) is 1.33. The third kappa shape index (κ3) is 3.94. The van der Waals surface area contributed by atoms with E-state index in [0.29, 0.717) is 41.9 Å². The topological polar surface area (TPSA) is 119 Å². The standard InChI is InChI=1S/C21H19N7O/c22-14-17-18(26-28(19(17)23)16-10-5-2-6-11-16)12-7-13-24-21-25-20(29-27-21)15-8-3-1-4-9-15/h1-6,8-11H,7,12-13,23H2,(H,24,27). The fraction of sp³-hybridized carbons (Fsp3) is 0.143. The fourth-order valence-electron chi connectivity index (χ4n) is 2.99. The summed E-state index contributed by atoms with van der Waals surface area (Å²) in [6.45, 7) is 0.608. The number of nitrogens with two attached hydrogens (primary N) is 1. The van der Waals surface area contributed by atoms with Gasteiger partial charge in [-0.25, -0.2) is 4.68 Å². The quantitative estimate of drug-likeness (QED) is 0.468. The summed E-state index contributed by atoms with van der Waals surface area (Å²) < 4.78 is 6.88. The van der Waals surface area contributed by atoms with E-state index in [2.05, 4.69) is 26.6 Å². The molecule has 4 aromatic rings. The van der Waals surface area contributed by atoms with E-state index in [-0.39, 0.29) is 0 Å². The van der Waals surface area contributed by atoms with Gasteiger partial charge in [0.2, 0.25) is 0 Å². The van der Waals surface area contributed by atoms with Crippen molar-refractivity contribution in [1.82, 2.24) is 19.9 Å². The second-order valence-corrected chi connectivity index (χ2v) is 6.39. The Hall–Kier alpha value is -4.12. The van der Waals surface area contributed by atoms with Crippen LogP contribution in [0, 0.1) is 11.3 Å². The first kappa shape index (κ1) is 18.3. The Morgan fingerprint density at radius 1 is 1.07 bits per heavy atom. The number of hydrogen-bond acceptors (Lipinski definition) is 7. The summed E-state index contributed by atoms with van der Waals surface area (Å²) in [5.74, 6) is 1.25. The summed E-state index contributed by atoms with van der Waals surface area (Å²) in [7, 11) is 0. The lowest BCUT2D eigenvalue weighted by Gasteiger charge is -2.02. The van der Waals surface area contributed by atoms with Crippen molar-refractivity contribution in [2.75, 3.05) is 17.6 Å². The molecule has 0 aliphatic rings. The summed E-state index contributed by atoms with van der Waals surface area (Å²) in [4.78, 5) is 4.34. The molecule has 144 valence electrons. The third-order valence-electron chi connectivity index (χ3n) is 4.43. The molecule has 3 N–H and O–H groups in total. The van der Waals surface area contributed by atoms with Crippen LogP contribution >= 0.6 is 0 Å². The molecule has 0 unspecified atom stereocenters. The highest BCUT2D eigenvalue weighted by molar-refractivity contribution is 5.56. The van der Waals surface area contributed by atoms with Gasteiger partial charge >= 0.3 is 0 Å². The van der Waals surface area contributed by atoms with E-state index in [9.17, 15) is 5.26 Å². The van der Waals surface area contributed by atoms with E-state index >= 15 is 0 Å². The Kier molecular flexibility index (Phi) is 5.21. The van der Waals surface area contributed by atoms with Crippen molar-refractivity contribution in [3.8, 4) is 23.2 Å². The number of nitrogens with zero attached hydrogens (tertiary/aromatic N) is 5. The van der Waals surface area contributed by atoms with Gasteiger partial charge in [-0.1, -0.05) is 36.4 Å². The van der Waals surface area contributed by atoms with E-state index in [0.717, 1.165) is 17.7 Å². The average molecular weight is 385 g/mol. The Morgan fingerprint density at radius 3 is 2.52 bits per heavy atom. The van der Waals surface area contributed by atoms with Gasteiger partial charge < -0.3 is 15.6 Å². The van der Waals surface area contributed by atoms with Crippen LogP contribution in [0.15, 0.2) is 65.2 Å². The van der Waals surface area contributed by atoms with E-state index in [1.165, 1.54) is 0 Å². The lowest BCUT2D eigenvalue weighted by atomic mass is 10.1. The minimum Gasteiger partial charge on any atom is -0.382 e. The maximum absolute atomic E-state index is 9.47. The number of anilines is 2. The molecule has 0 atom stereocenters. The van der Waals surface area contributed by atoms with Gasteiger partial charge in [-0.3, -0.25) is 0 Å². The zero-order chi connectivity index (χ0) is 20.1. The molecule has 0 aliphatic heterocycles. The molecular formula is C21H19N7O. The Balaban J connectivity index is 1.38. The van der Waals surface area contributed by atoms with Crippen molar-refractivity contribution in [1.29, 1.82) is 5.26 Å². The van der Waals surface area contributed by atoms with Crippen LogP contribution in [0.3, 0.4) is 0 Å². The third-order valence-corrected chi connectivity index (χ3v) is 4.43. The highest BCUT2D eigenvalue weighted by Crippen LogP contribution is 2.22. The van der Waals surface area contributed by atoms with E-state index in [1.807, 2.05) is 60.7 Å². The van der Waals surface area contributed by atoms with Crippen LogP contribution in [0.2, 0.25) is 0 Å². The van der Waals surface area contributed by atoms with Gasteiger partial charge in [0.25, 0.3) is 11.8 Å². The first-order valence-electron chi connectivity index (χ1n) is 9.22. The zero-order valence-electron chi connectivity index (χ0n) is 15.6. The number of aryl methyl sites for hydroxylation is 1. The van der Waals surface area contributed by atoms with Gasteiger partial charge in [0.1, 0.15) is 17.5 Å². The molecule has 0 amide bonds. The van der Waals surface area contributed by atoms with E-state index in [4.69, 9.17) is 10.3 Å². The average Bonchev–Trinajstić information content (AvgIpc) is 3.37. The largest absolute Gasteiger partial charge is 0.382 e. The maximum atomic E-state index is 9.47. The van der Waals surface area contributed by atoms with Crippen molar-refractivity contribution < 1.29 is 4.52 Å². The molecule has 0 saturated heterocycles. The normalized spacial score (nSPS) is 10.6. The summed E-state index contributed by atoms with van der Waals surface area (Å²) >= 11 is 0. The molecule has 2 aromatic heterocycles. The maximum Gasteiger partial charge on any atom is 0.263 e.